The van der Waals surface area contributed by atoms with Gasteiger partial charge in [0.25, 0.3) is 0 Å². The standard InChI is InChI=1S/C13H14BrNO2/c1-3-11(14)13(16)10-7-15-12-5-4-8(17-2)6-9(10)12/h4-7,11,15H,3H2,1-2H3. The lowest BCUT2D eigenvalue weighted by Gasteiger charge is -2.05. The second-order valence-electron chi connectivity index (χ2n) is 3.85. The number of Topliss-reactive ketones (excluding diaryl/α,β-unsaturated/α-hetero) is 1. The third kappa shape index (κ3) is 2.22. The van der Waals surface area contributed by atoms with E-state index in [1.54, 1.807) is 13.3 Å². The number of halogens is 1. The van der Waals surface area contributed by atoms with E-state index in [2.05, 4.69) is 20.9 Å². The van der Waals surface area contributed by atoms with Crippen LogP contribution in [0.3, 0.4) is 0 Å². The Kier molecular flexibility index (Phi) is 3.52. The van der Waals surface area contributed by atoms with Crippen LogP contribution < -0.4 is 4.74 Å². The largest absolute Gasteiger partial charge is 0.497 e. The summed E-state index contributed by atoms with van der Waals surface area (Å²) >= 11 is 3.39. The highest BCUT2D eigenvalue weighted by molar-refractivity contribution is 9.10. The molecule has 0 aliphatic heterocycles. The molecule has 1 aromatic carbocycles. The summed E-state index contributed by atoms with van der Waals surface area (Å²) < 4.78 is 5.18. The van der Waals surface area contributed by atoms with Crippen LogP contribution in [0.4, 0.5) is 0 Å². The predicted molar refractivity (Wildman–Crippen MR) is 72.2 cm³/mol. The van der Waals surface area contributed by atoms with Crippen LogP contribution in [0, 0.1) is 0 Å². The molecule has 2 aromatic rings. The number of alkyl halides is 1. The zero-order valence-corrected chi connectivity index (χ0v) is 11.4. The number of H-pyrrole nitrogens is 1. The average Bonchev–Trinajstić information content (AvgIpc) is 2.79. The second kappa shape index (κ2) is 4.92. The molecule has 1 aromatic heterocycles. The smallest absolute Gasteiger partial charge is 0.178 e. The fourth-order valence-electron chi connectivity index (χ4n) is 1.78. The molecule has 0 aliphatic rings. The molecular formula is C13H14BrNO2. The van der Waals surface area contributed by atoms with Crippen LogP contribution in [0.25, 0.3) is 10.9 Å². The molecule has 1 heterocycles. The lowest BCUT2D eigenvalue weighted by molar-refractivity contribution is 0.0992. The van der Waals surface area contributed by atoms with Gasteiger partial charge in [-0.2, -0.15) is 0 Å². The van der Waals surface area contributed by atoms with Gasteiger partial charge in [-0.3, -0.25) is 4.79 Å². The van der Waals surface area contributed by atoms with Gasteiger partial charge in [-0.05, 0) is 24.6 Å². The number of hydrogen-bond acceptors (Lipinski definition) is 2. The van der Waals surface area contributed by atoms with Gasteiger partial charge in [0, 0.05) is 22.7 Å². The zero-order valence-electron chi connectivity index (χ0n) is 9.79. The van der Waals surface area contributed by atoms with E-state index in [0.717, 1.165) is 23.1 Å². The fourth-order valence-corrected chi connectivity index (χ4v) is 2.03. The number of aromatic nitrogens is 1. The number of fused-ring (bicyclic) bond motifs is 1. The molecule has 0 saturated carbocycles. The van der Waals surface area contributed by atoms with Crippen LogP contribution in [-0.2, 0) is 0 Å². The molecule has 0 amide bonds. The van der Waals surface area contributed by atoms with Crippen molar-refractivity contribution in [2.45, 2.75) is 18.2 Å². The van der Waals surface area contributed by atoms with Gasteiger partial charge in [-0.25, -0.2) is 0 Å². The van der Waals surface area contributed by atoms with Crippen LogP contribution in [0.5, 0.6) is 5.75 Å². The van der Waals surface area contributed by atoms with Crippen molar-refractivity contribution in [3.63, 3.8) is 0 Å². The molecule has 1 atom stereocenters. The molecule has 0 radical (unpaired) electrons. The molecule has 2 rings (SSSR count). The van der Waals surface area contributed by atoms with Gasteiger partial charge in [0.1, 0.15) is 5.75 Å². The lowest BCUT2D eigenvalue weighted by atomic mass is 10.1. The van der Waals surface area contributed by atoms with E-state index < -0.39 is 0 Å². The van der Waals surface area contributed by atoms with E-state index >= 15 is 0 Å². The molecule has 1 N–H and O–H groups in total. The van der Waals surface area contributed by atoms with Gasteiger partial charge in [-0.15, -0.1) is 0 Å². The first-order valence-corrected chi connectivity index (χ1v) is 6.42. The maximum absolute atomic E-state index is 12.1. The SMILES string of the molecule is CCC(Br)C(=O)c1c[nH]c2ccc(OC)cc12. The number of nitrogens with one attached hydrogen (secondary N) is 1. The maximum atomic E-state index is 12.1. The van der Waals surface area contributed by atoms with Crippen LogP contribution in [0.15, 0.2) is 24.4 Å². The van der Waals surface area contributed by atoms with Crippen LogP contribution >= 0.6 is 15.9 Å². The summed E-state index contributed by atoms with van der Waals surface area (Å²) in [6, 6.07) is 5.67. The molecule has 0 spiro atoms. The van der Waals surface area contributed by atoms with Gasteiger partial charge in [0.15, 0.2) is 5.78 Å². The Morgan fingerprint density at radius 2 is 2.29 bits per heavy atom. The van der Waals surface area contributed by atoms with E-state index in [1.165, 1.54) is 0 Å². The highest BCUT2D eigenvalue weighted by atomic mass is 79.9. The molecule has 0 saturated heterocycles. The Hall–Kier alpha value is -1.29. The fraction of sp³-hybridized carbons (Fsp3) is 0.308. The number of rotatable bonds is 4. The Morgan fingerprint density at radius 1 is 1.53 bits per heavy atom. The van der Waals surface area contributed by atoms with E-state index in [9.17, 15) is 4.79 Å². The maximum Gasteiger partial charge on any atom is 0.178 e. The van der Waals surface area contributed by atoms with Crippen molar-refractivity contribution in [3.05, 3.63) is 30.0 Å². The number of benzene rings is 1. The monoisotopic (exact) mass is 295 g/mol. The summed E-state index contributed by atoms with van der Waals surface area (Å²) in [6.07, 6.45) is 2.53. The van der Waals surface area contributed by atoms with Crippen LogP contribution in [0.1, 0.15) is 23.7 Å². The summed E-state index contributed by atoms with van der Waals surface area (Å²) in [5.74, 6) is 0.862. The third-order valence-corrected chi connectivity index (χ3v) is 3.86. The Bertz CT molecular complexity index is 547. The Morgan fingerprint density at radius 3 is 2.94 bits per heavy atom. The number of carbonyl (C=O) groups excluding carboxylic acids is 1. The molecule has 0 aliphatic carbocycles. The Labute approximate surface area is 108 Å². The molecular weight excluding hydrogens is 282 g/mol. The van der Waals surface area contributed by atoms with Crippen LogP contribution in [0.2, 0.25) is 0 Å². The number of hydrogen-bond donors (Lipinski definition) is 1. The van der Waals surface area contributed by atoms with Gasteiger partial charge in [-0.1, -0.05) is 22.9 Å². The van der Waals surface area contributed by atoms with Crippen molar-refractivity contribution in [1.82, 2.24) is 4.98 Å². The summed E-state index contributed by atoms with van der Waals surface area (Å²) in [6.45, 7) is 1.98. The number of ketones is 1. The lowest BCUT2D eigenvalue weighted by Crippen LogP contribution is -2.12. The van der Waals surface area contributed by atoms with Crippen LogP contribution in [-0.4, -0.2) is 22.7 Å². The molecule has 4 heteroatoms. The normalized spacial score (nSPS) is 12.6. The second-order valence-corrected chi connectivity index (χ2v) is 4.96. The predicted octanol–water partition coefficient (Wildman–Crippen LogP) is 3.53. The molecule has 1 unspecified atom stereocenters. The quantitative estimate of drug-likeness (QED) is 0.692. The number of carbonyl (C=O) groups is 1. The first-order chi connectivity index (χ1) is 8.17. The van der Waals surface area contributed by atoms with Crippen molar-refractivity contribution >= 4 is 32.6 Å². The summed E-state index contributed by atoms with van der Waals surface area (Å²) in [5.41, 5.74) is 1.66. The number of aromatic amines is 1. The van der Waals surface area contributed by atoms with E-state index in [-0.39, 0.29) is 10.6 Å². The van der Waals surface area contributed by atoms with Gasteiger partial charge >= 0.3 is 0 Å². The molecule has 90 valence electrons. The highest BCUT2D eigenvalue weighted by Crippen LogP contribution is 2.26. The van der Waals surface area contributed by atoms with E-state index in [0.29, 0.717) is 5.56 Å². The Balaban J connectivity index is 2.51. The van der Waals surface area contributed by atoms with Gasteiger partial charge < -0.3 is 9.72 Å². The minimum absolute atomic E-state index is 0.104. The van der Waals surface area contributed by atoms with E-state index in [4.69, 9.17) is 4.74 Å². The first-order valence-electron chi connectivity index (χ1n) is 5.50. The summed E-state index contributed by atoms with van der Waals surface area (Å²) in [7, 11) is 1.62. The number of methoxy groups -OCH3 is 1. The van der Waals surface area contributed by atoms with Crippen molar-refractivity contribution in [2.75, 3.05) is 7.11 Å². The topological polar surface area (TPSA) is 42.1 Å². The third-order valence-electron chi connectivity index (χ3n) is 2.80. The molecule has 3 nitrogen and oxygen atoms in total. The number of ether oxygens (including phenoxy) is 1. The summed E-state index contributed by atoms with van der Waals surface area (Å²) in [5, 5.41) is 0.909. The zero-order chi connectivity index (χ0) is 12.4. The van der Waals surface area contributed by atoms with Gasteiger partial charge in [0.2, 0.25) is 0 Å². The van der Waals surface area contributed by atoms with Crippen molar-refractivity contribution in [3.8, 4) is 5.75 Å². The molecule has 17 heavy (non-hydrogen) atoms. The van der Waals surface area contributed by atoms with Crippen molar-refractivity contribution < 1.29 is 9.53 Å². The highest BCUT2D eigenvalue weighted by Gasteiger charge is 2.18. The van der Waals surface area contributed by atoms with Crippen molar-refractivity contribution in [2.24, 2.45) is 0 Å². The van der Waals surface area contributed by atoms with Crippen molar-refractivity contribution in [1.29, 1.82) is 0 Å². The minimum Gasteiger partial charge on any atom is -0.497 e. The minimum atomic E-state index is -0.132. The van der Waals surface area contributed by atoms with E-state index in [1.807, 2.05) is 25.1 Å². The molecule has 0 fully saturated rings. The molecule has 0 bridgehead atoms. The average molecular weight is 296 g/mol. The summed E-state index contributed by atoms with van der Waals surface area (Å²) in [4.78, 5) is 15.1. The van der Waals surface area contributed by atoms with Gasteiger partial charge in [0.05, 0.1) is 11.9 Å². The first kappa shape index (κ1) is 12.2.